The van der Waals surface area contributed by atoms with Crippen molar-refractivity contribution in [1.29, 1.82) is 0 Å². The fourth-order valence-electron chi connectivity index (χ4n) is 20.0. The van der Waals surface area contributed by atoms with Gasteiger partial charge in [0.25, 0.3) is 0 Å². The first kappa shape index (κ1) is 83.9. The van der Waals surface area contributed by atoms with Gasteiger partial charge in [0.05, 0.1) is 64.6 Å². The monoisotopic (exact) mass is 1540 g/mol. The number of rotatable bonds is 24. The molecular weight excluding hydrogens is 1420 g/mol. The minimum atomic E-state index is -2.24. The lowest BCUT2D eigenvalue weighted by Gasteiger charge is -2.61. The van der Waals surface area contributed by atoms with Crippen LogP contribution in [0.1, 0.15) is 98.8 Å². The van der Waals surface area contributed by atoms with Gasteiger partial charge in [0, 0.05) is 19.4 Å². The van der Waals surface area contributed by atoms with Crippen LogP contribution in [0.25, 0.3) is 0 Å². The third kappa shape index (κ3) is 15.7. The van der Waals surface area contributed by atoms with Crippen molar-refractivity contribution < 1.29 is 183 Å². The molecule has 0 aromatic heterocycles. The van der Waals surface area contributed by atoms with Crippen molar-refractivity contribution in [1.82, 2.24) is 0 Å². The second-order valence-corrected chi connectivity index (χ2v) is 32.4. The van der Waals surface area contributed by atoms with Gasteiger partial charge in [0.1, 0.15) is 159 Å². The Labute approximate surface area is 612 Å². The average molecular weight is 1540 g/mol. The highest BCUT2D eigenvalue weighted by Gasteiger charge is 2.70. The van der Waals surface area contributed by atoms with Gasteiger partial charge in [-0.05, 0) is 111 Å². The summed E-state index contributed by atoms with van der Waals surface area (Å²) >= 11 is 0. The molecule has 0 radical (unpaired) electrons. The van der Waals surface area contributed by atoms with Gasteiger partial charge in [-0.25, -0.2) is 0 Å². The van der Waals surface area contributed by atoms with Crippen molar-refractivity contribution in [2.75, 3.05) is 53.4 Å². The van der Waals surface area contributed by atoms with E-state index in [4.69, 9.17) is 75.8 Å². The van der Waals surface area contributed by atoms with Gasteiger partial charge in [-0.2, -0.15) is 0 Å². The van der Waals surface area contributed by atoms with Crippen LogP contribution < -0.4 is 0 Å². The molecule has 12 aliphatic rings. The summed E-state index contributed by atoms with van der Waals surface area (Å²) in [5, 5.41) is 229. The van der Waals surface area contributed by atoms with Crippen molar-refractivity contribution in [2.45, 2.75) is 326 Å². The molecule has 0 spiro atoms. The van der Waals surface area contributed by atoms with E-state index in [-0.39, 0.29) is 47.2 Å². The Morgan fingerprint density at radius 1 is 0.425 bits per heavy atom. The van der Waals surface area contributed by atoms with Gasteiger partial charge >= 0.3 is 0 Å². The summed E-state index contributed by atoms with van der Waals surface area (Å²) in [5.74, 6) is 0.846. The second-order valence-electron chi connectivity index (χ2n) is 32.4. The second kappa shape index (κ2) is 34.1. The van der Waals surface area contributed by atoms with Crippen LogP contribution in [0.2, 0.25) is 0 Å². The van der Waals surface area contributed by atoms with Gasteiger partial charge in [-0.15, -0.1) is 0 Å². The number of hydrogen-bond acceptors (Lipinski definition) is 37. The minimum Gasteiger partial charge on any atom is -0.394 e. The maximum atomic E-state index is 12.2. The van der Waals surface area contributed by atoms with Crippen LogP contribution in [0.3, 0.4) is 0 Å². The molecule has 12 fully saturated rings. The first-order chi connectivity index (χ1) is 50.3. The third-order valence-electron chi connectivity index (χ3n) is 26.3. The zero-order valence-electron chi connectivity index (χ0n) is 60.3. The third-order valence-corrected chi connectivity index (χ3v) is 26.3. The number of ether oxygens (including phenoxy) is 16. The molecule has 37 nitrogen and oxygen atoms in total. The summed E-state index contributed by atoms with van der Waals surface area (Å²) in [6.07, 6.45) is -53.4. The highest BCUT2D eigenvalue weighted by Crippen LogP contribution is 2.71. The normalized spacial score (nSPS) is 55.2. The zero-order chi connectivity index (χ0) is 76.7. The topological polar surface area (TPSA) is 573 Å². The Bertz CT molecular complexity index is 2790. The Hall–Kier alpha value is -1.48. The van der Waals surface area contributed by atoms with Crippen molar-refractivity contribution >= 4 is 0 Å². The number of hydrogen-bond donors (Lipinski definition) is 21. The van der Waals surface area contributed by atoms with E-state index < -0.39 is 260 Å². The predicted molar refractivity (Wildman–Crippen MR) is 347 cm³/mol. The lowest BCUT2D eigenvalue weighted by Crippen LogP contribution is -2.69. The maximum absolute atomic E-state index is 12.2. The molecular formula is C69H116O37. The average Bonchev–Trinajstić information content (AvgIpc) is 1.52. The quantitative estimate of drug-likeness (QED) is 0.0399. The molecule has 0 bridgehead atoms. The molecule has 0 aromatic rings. The molecule has 614 valence electrons. The first-order valence-electron chi connectivity index (χ1n) is 37.6. The maximum Gasteiger partial charge on any atom is 0.187 e. The van der Waals surface area contributed by atoms with Gasteiger partial charge in [-0.1, -0.05) is 27.7 Å². The molecule has 8 aliphatic heterocycles. The van der Waals surface area contributed by atoms with Crippen LogP contribution in [0.5, 0.6) is 0 Å². The fourth-order valence-corrected chi connectivity index (χ4v) is 20.0. The lowest BCUT2D eigenvalue weighted by atomic mass is 9.44. The molecule has 8 saturated heterocycles. The summed E-state index contributed by atoms with van der Waals surface area (Å²) in [5.41, 5.74) is -0.0975. The largest absolute Gasteiger partial charge is 0.394 e. The smallest absolute Gasteiger partial charge is 0.187 e. The van der Waals surface area contributed by atoms with E-state index in [1.54, 1.807) is 7.11 Å². The molecule has 12 rings (SSSR count). The molecule has 37 heteroatoms. The molecule has 4 saturated carbocycles. The number of aliphatic hydroxyl groups excluding tert-OH is 21. The Morgan fingerprint density at radius 2 is 0.925 bits per heavy atom. The van der Waals surface area contributed by atoms with Gasteiger partial charge in [0.15, 0.2) is 49.8 Å². The van der Waals surface area contributed by atoms with E-state index in [9.17, 15) is 107 Å². The van der Waals surface area contributed by atoms with Crippen LogP contribution in [0.15, 0.2) is 0 Å². The summed E-state index contributed by atoms with van der Waals surface area (Å²) < 4.78 is 96.9. The molecule has 21 N–H and O–H groups in total. The van der Waals surface area contributed by atoms with Crippen LogP contribution in [0.4, 0.5) is 0 Å². The van der Waals surface area contributed by atoms with Gasteiger partial charge in [-0.3, -0.25) is 0 Å². The van der Waals surface area contributed by atoms with E-state index in [2.05, 4.69) is 20.8 Å². The lowest BCUT2D eigenvalue weighted by molar-refractivity contribution is -0.409. The van der Waals surface area contributed by atoms with Crippen molar-refractivity contribution in [3.63, 3.8) is 0 Å². The Kier molecular flexibility index (Phi) is 27.0. The van der Waals surface area contributed by atoms with E-state index in [0.717, 1.165) is 38.5 Å². The zero-order valence-corrected chi connectivity index (χ0v) is 60.3. The van der Waals surface area contributed by atoms with E-state index >= 15 is 0 Å². The first-order valence-corrected chi connectivity index (χ1v) is 37.6. The SMILES string of the molecule is CO[C@]1(CC[C@@H](C)CO[C@H]2O[C@@H](CO)[C@H](O)[C@@H](O)[C@@H]2O)O[C@H]2C[C@H]3[C@@H]4CC[C@H]5C[C@@H](O[C@@H]6O[C@H](CO)[C@H](O[C@@H]7O[C@H](CO)[C@@H](O)[C@H](O[C@@H]8O[C@H](CO)[C@@H](O)[C@H](O[C@@H]9O[C@H](CO)[C@@H](O)[C@H](O)[C@H]9O)[C@H]8O)[C@H]7O[C@@H]7OC[C@@H](O[C@@H]8O[C@@H](C)[C@H](O)[C@@H](O)[C@H]8O)[C@H](O)[C@H]7O)[C@H](O)[C@H]6O)CC[C@]5(C)[C@H]4CC[C@]3(C)[C@H]2[C@@H]1C. The summed E-state index contributed by atoms with van der Waals surface area (Å²) in [6.45, 7) is 5.52. The highest BCUT2D eigenvalue weighted by atomic mass is 16.8. The van der Waals surface area contributed by atoms with E-state index in [1.807, 2.05) is 6.92 Å². The standard InChI is InChI=1S/C69H116O37/c1-24(22-92-60-51(86)47(82)41(76)33(17-70)96-60)9-14-69(91-6)25(2)39-32(106-69)16-31-29-8-7-27-15-28(10-12-67(27,4)30(29)11-13-68(31,39)5)95-63-54(89)49(84)56(37(21-74)100-63)102-66-59(105-61-50(85)43(78)38(23-93-61)101-62-52(87)46(81)40(75)26(3)94-62)58(45(80)36(20-73)99-66)104-65-55(90)57(44(79)35(19-72)98-65)103-64-53(88)48(83)42(77)34(18-71)97-64/h24-66,70-90H,7-23H2,1-6H3/t24-,25+,26+,27+,28+,29-,30+,31+,32+,33+,34-,35-,36-,37-,38-,39+,40+,41+,42-,43+,44-,45-,46-,47-,48+,49-,50-,51+,52-,53-,54-,55-,56+,57+,58+,59-,60+,61+,62+,63-,64+,65+,66+,67+,68+,69-/m1/s1. The highest BCUT2D eigenvalue weighted by molar-refractivity contribution is 5.16. The summed E-state index contributed by atoms with van der Waals surface area (Å²) in [4.78, 5) is 0. The number of fused-ring (bicyclic) bond motifs is 7. The summed E-state index contributed by atoms with van der Waals surface area (Å²) in [7, 11) is 1.69. The van der Waals surface area contributed by atoms with E-state index in [0.29, 0.717) is 43.4 Å². The molecule has 0 aromatic carbocycles. The number of methoxy groups -OCH3 is 1. The van der Waals surface area contributed by atoms with Crippen LogP contribution in [0, 0.1) is 52.3 Å². The van der Waals surface area contributed by atoms with Crippen LogP contribution in [-0.4, -0.2) is 387 Å². The molecule has 0 unspecified atom stereocenters. The van der Waals surface area contributed by atoms with Crippen molar-refractivity contribution in [3.05, 3.63) is 0 Å². The predicted octanol–water partition coefficient (Wildman–Crippen LogP) is -8.16. The number of aliphatic hydroxyl groups is 21. The van der Waals surface area contributed by atoms with Crippen LogP contribution in [-0.2, 0) is 75.8 Å². The molecule has 46 atom stereocenters. The van der Waals surface area contributed by atoms with Crippen molar-refractivity contribution in [2.24, 2.45) is 52.3 Å². The minimum absolute atomic E-state index is 0.0233. The molecule has 4 aliphatic carbocycles. The fraction of sp³-hybridized carbons (Fsp3) is 1.00. The molecule has 106 heavy (non-hydrogen) atoms. The molecule has 0 amide bonds. The molecule has 8 heterocycles. The van der Waals surface area contributed by atoms with Crippen molar-refractivity contribution in [3.8, 4) is 0 Å². The van der Waals surface area contributed by atoms with Gasteiger partial charge in [0.2, 0.25) is 0 Å². The van der Waals surface area contributed by atoms with Gasteiger partial charge < -0.3 is 183 Å². The van der Waals surface area contributed by atoms with E-state index in [1.165, 1.54) is 6.92 Å². The Balaban J connectivity index is 0.709. The summed E-state index contributed by atoms with van der Waals surface area (Å²) in [6, 6.07) is 0. The Morgan fingerprint density at radius 3 is 1.56 bits per heavy atom. The van der Waals surface area contributed by atoms with Crippen LogP contribution >= 0.6 is 0 Å².